The van der Waals surface area contributed by atoms with Crippen LogP contribution in [0, 0.1) is 0 Å². The second-order valence-corrected chi connectivity index (χ2v) is 2.79. The van der Waals surface area contributed by atoms with Gasteiger partial charge in [-0.15, -0.1) is 0 Å². The molecule has 0 radical (unpaired) electrons. The van der Waals surface area contributed by atoms with Gasteiger partial charge in [0, 0.05) is 18.0 Å². The fraction of sp³-hybridized carbons (Fsp3) is 0. The van der Waals surface area contributed by atoms with E-state index in [0.29, 0.717) is 5.56 Å². The molecule has 1 heterocycles. The Morgan fingerprint density at radius 1 is 1.36 bits per heavy atom. The summed E-state index contributed by atoms with van der Waals surface area (Å²) in [5, 5.41) is 0. The van der Waals surface area contributed by atoms with Crippen LogP contribution in [0.2, 0.25) is 0 Å². The number of rotatable bonds is 3. The highest BCUT2D eigenvalue weighted by Gasteiger charge is 1.98. The van der Waals surface area contributed by atoms with Crippen LogP contribution in [-0.2, 0) is 0 Å². The van der Waals surface area contributed by atoms with Crippen LogP contribution < -0.4 is 5.43 Å². The number of carbonyl (C=O) groups excluding carboxylic acids is 1. The molecule has 0 aliphatic rings. The number of carbonyl (C=O) groups is 1. The number of hydrogen-bond donors (Lipinski definition) is 1. The third kappa shape index (κ3) is 1.64. The van der Waals surface area contributed by atoms with Crippen molar-refractivity contribution in [1.82, 2.24) is 9.66 Å². The van der Waals surface area contributed by atoms with Gasteiger partial charge in [-0.1, -0.05) is 12.1 Å². The molecule has 0 spiro atoms. The predicted molar refractivity (Wildman–Crippen MR) is 53.1 cm³/mol. The first-order chi connectivity index (χ1) is 6.90. The Labute approximate surface area is 81.2 Å². The summed E-state index contributed by atoms with van der Waals surface area (Å²) in [6, 6.07) is 7.28. The first kappa shape index (κ1) is 8.50. The van der Waals surface area contributed by atoms with Crippen molar-refractivity contribution in [1.29, 1.82) is 0 Å². The minimum atomic E-state index is 0.626. The van der Waals surface area contributed by atoms with Crippen LogP contribution in [0.25, 0.3) is 0 Å². The lowest BCUT2D eigenvalue weighted by Crippen LogP contribution is -2.07. The van der Waals surface area contributed by atoms with Gasteiger partial charge in [-0.25, -0.2) is 4.98 Å². The van der Waals surface area contributed by atoms with Gasteiger partial charge in [-0.05, 0) is 12.1 Å². The molecule has 0 atom stereocenters. The molecule has 0 amide bonds. The van der Waals surface area contributed by atoms with Crippen molar-refractivity contribution in [2.75, 3.05) is 5.43 Å². The van der Waals surface area contributed by atoms with Gasteiger partial charge in [0.05, 0.1) is 5.69 Å². The molecule has 4 heteroatoms. The molecule has 2 rings (SSSR count). The zero-order valence-corrected chi connectivity index (χ0v) is 7.42. The maximum atomic E-state index is 10.7. The fourth-order valence-corrected chi connectivity index (χ4v) is 1.17. The zero-order chi connectivity index (χ0) is 9.80. The summed E-state index contributed by atoms with van der Waals surface area (Å²) in [6.45, 7) is 0. The molecule has 0 aliphatic heterocycles. The SMILES string of the molecule is O=Cc1ccccc1Nn1ccnc1. The van der Waals surface area contributed by atoms with Crippen LogP contribution in [-0.4, -0.2) is 15.9 Å². The summed E-state index contributed by atoms with van der Waals surface area (Å²) in [6.07, 6.45) is 5.87. The molecular formula is C10H9N3O. The molecule has 14 heavy (non-hydrogen) atoms. The normalized spacial score (nSPS) is 9.71. The van der Waals surface area contributed by atoms with Crippen LogP contribution in [0.4, 0.5) is 5.69 Å². The lowest BCUT2D eigenvalue weighted by Gasteiger charge is -2.07. The smallest absolute Gasteiger partial charge is 0.152 e. The summed E-state index contributed by atoms with van der Waals surface area (Å²) in [4.78, 5) is 14.6. The summed E-state index contributed by atoms with van der Waals surface area (Å²) < 4.78 is 1.68. The summed E-state index contributed by atoms with van der Waals surface area (Å²) in [5.74, 6) is 0. The standard InChI is InChI=1S/C10H9N3O/c14-7-9-3-1-2-4-10(9)12-13-6-5-11-8-13/h1-8,12H. The number of aromatic nitrogens is 2. The zero-order valence-electron chi connectivity index (χ0n) is 7.42. The van der Waals surface area contributed by atoms with E-state index in [1.807, 2.05) is 18.2 Å². The van der Waals surface area contributed by atoms with E-state index in [-0.39, 0.29) is 0 Å². The summed E-state index contributed by atoms with van der Waals surface area (Å²) in [5.41, 5.74) is 4.42. The Hall–Kier alpha value is -2.10. The Kier molecular flexibility index (Phi) is 2.27. The molecule has 2 aromatic rings. The minimum Gasteiger partial charge on any atom is -0.298 e. The number of aldehydes is 1. The van der Waals surface area contributed by atoms with Gasteiger partial charge in [0.15, 0.2) is 6.29 Å². The highest BCUT2D eigenvalue weighted by Crippen LogP contribution is 2.12. The second kappa shape index (κ2) is 3.74. The van der Waals surface area contributed by atoms with E-state index in [2.05, 4.69) is 10.4 Å². The molecule has 4 nitrogen and oxygen atoms in total. The van der Waals surface area contributed by atoms with Crippen molar-refractivity contribution in [2.24, 2.45) is 0 Å². The Morgan fingerprint density at radius 2 is 2.21 bits per heavy atom. The number of nitrogens with one attached hydrogen (secondary N) is 1. The first-order valence-electron chi connectivity index (χ1n) is 4.19. The average Bonchev–Trinajstić information content (AvgIpc) is 2.71. The van der Waals surface area contributed by atoms with E-state index < -0.39 is 0 Å². The maximum Gasteiger partial charge on any atom is 0.152 e. The maximum absolute atomic E-state index is 10.7. The largest absolute Gasteiger partial charge is 0.298 e. The van der Waals surface area contributed by atoms with E-state index in [1.54, 1.807) is 29.5 Å². The molecule has 0 saturated heterocycles. The second-order valence-electron chi connectivity index (χ2n) is 2.79. The van der Waals surface area contributed by atoms with Gasteiger partial charge in [0.25, 0.3) is 0 Å². The third-order valence-corrected chi connectivity index (χ3v) is 1.84. The Bertz CT molecular complexity index is 423. The minimum absolute atomic E-state index is 0.626. The molecule has 0 bridgehead atoms. The van der Waals surface area contributed by atoms with Crippen molar-refractivity contribution >= 4 is 12.0 Å². The van der Waals surface area contributed by atoms with Crippen molar-refractivity contribution in [3.63, 3.8) is 0 Å². The number of nitrogens with zero attached hydrogens (tertiary/aromatic N) is 2. The van der Waals surface area contributed by atoms with Crippen molar-refractivity contribution < 1.29 is 4.79 Å². The quantitative estimate of drug-likeness (QED) is 0.742. The van der Waals surface area contributed by atoms with Crippen molar-refractivity contribution in [3.8, 4) is 0 Å². The topological polar surface area (TPSA) is 46.9 Å². The molecule has 1 aromatic carbocycles. The predicted octanol–water partition coefficient (Wildman–Crippen LogP) is 1.57. The van der Waals surface area contributed by atoms with E-state index >= 15 is 0 Å². The van der Waals surface area contributed by atoms with E-state index in [1.165, 1.54) is 0 Å². The van der Waals surface area contributed by atoms with Gasteiger partial charge in [-0.3, -0.25) is 14.9 Å². The average molecular weight is 187 g/mol. The fourth-order valence-electron chi connectivity index (χ4n) is 1.17. The summed E-state index contributed by atoms with van der Waals surface area (Å²) in [7, 11) is 0. The Balaban J connectivity index is 2.28. The van der Waals surface area contributed by atoms with Gasteiger partial charge >= 0.3 is 0 Å². The highest BCUT2D eigenvalue weighted by atomic mass is 16.1. The van der Waals surface area contributed by atoms with E-state index in [9.17, 15) is 4.79 Å². The van der Waals surface area contributed by atoms with Crippen LogP contribution >= 0.6 is 0 Å². The molecular weight excluding hydrogens is 178 g/mol. The van der Waals surface area contributed by atoms with Gasteiger partial charge in [-0.2, -0.15) is 0 Å². The van der Waals surface area contributed by atoms with Crippen LogP contribution in [0.1, 0.15) is 10.4 Å². The van der Waals surface area contributed by atoms with Crippen LogP contribution in [0.15, 0.2) is 43.0 Å². The third-order valence-electron chi connectivity index (χ3n) is 1.84. The lowest BCUT2D eigenvalue weighted by molar-refractivity contribution is 0.112. The monoisotopic (exact) mass is 187 g/mol. The number of imidazole rings is 1. The molecule has 0 unspecified atom stereocenters. The van der Waals surface area contributed by atoms with E-state index in [0.717, 1.165) is 12.0 Å². The molecule has 1 aromatic heterocycles. The van der Waals surface area contributed by atoms with E-state index in [4.69, 9.17) is 0 Å². The van der Waals surface area contributed by atoms with Crippen molar-refractivity contribution in [2.45, 2.75) is 0 Å². The molecule has 0 fully saturated rings. The number of para-hydroxylation sites is 1. The van der Waals surface area contributed by atoms with Crippen LogP contribution in [0.5, 0.6) is 0 Å². The van der Waals surface area contributed by atoms with Crippen LogP contribution in [0.3, 0.4) is 0 Å². The highest BCUT2D eigenvalue weighted by molar-refractivity contribution is 5.83. The molecule has 0 saturated carbocycles. The first-order valence-corrected chi connectivity index (χ1v) is 4.19. The number of anilines is 1. The van der Waals surface area contributed by atoms with Gasteiger partial charge in [0.1, 0.15) is 6.33 Å². The molecule has 1 N–H and O–H groups in total. The van der Waals surface area contributed by atoms with Gasteiger partial charge < -0.3 is 0 Å². The lowest BCUT2D eigenvalue weighted by atomic mass is 10.2. The Morgan fingerprint density at radius 3 is 2.93 bits per heavy atom. The van der Waals surface area contributed by atoms with Crippen molar-refractivity contribution in [3.05, 3.63) is 48.5 Å². The number of benzene rings is 1. The molecule has 70 valence electrons. The number of hydrogen-bond acceptors (Lipinski definition) is 3. The van der Waals surface area contributed by atoms with Gasteiger partial charge in [0.2, 0.25) is 0 Å². The summed E-state index contributed by atoms with van der Waals surface area (Å²) >= 11 is 0. The molecule has 0 aliphatic carbocycles.